The molecule has 2 rings (SSSR count). The van der Waals surface area contributed by atoms with Gasteiger partial charge in [-0.1, -0.05) is 13.8 Å². The van der Waals surface area contributed by atoms with Crippen LogP contribution in [-0.2, 0) is 4.74 Å². The van der Waals surface area contributed by atoms with Crippen LogP contribution in [0.3, 0.4) is 0 Å². The van der Waals surface area contributed by atoms with Gasteiger partial charge in [-0.05, 0) is 44.7 Å². The average Bonchev–Trinajstić information content (AvgIpc) is 2.21. The topological polar surface area (TPSA) is 12.5 Å². The van der Waals surface area contributed by atoms with Gasteiger partial charge in [0.05, 0.1) is 0 Å². The van der Waals surface area contributed by atoms with Gasteiger partial charge in [0.15, 0.2) is 0 Å². The van der Waals surface area contributed by atoms with Crippen LogP contribution in [0.25, 0.3) is 0 Å². The highest BCUT2D eigenvalue weighted by atomic mass is 16.5. The number of hydrogen-bond acceptors (Lipinski definition) is 2. The number of rotatable bonds is 0. The third kappa shape index (κ3) is 2.96. The fraction of sp³-hybridized carbons (Fsp3) is 1.00. The second kappa shape index (κ2) is 5.72. The molecule has 2 aliphatic heterocycles. The van der Waals surface area contributed by atoms with E-state index in [9.17, 15) is 0 Å². The lowest BCUT2D eigenvalue weighted by atomic mass is 9.74. The first kappa shape index (κ1) is 12.0. The van der Waals surface area contributed by atoms with Gasteiger partial charge >= 0.3 is 0 Å². The van der Waals surface area contributed by atoms with Gasteiger partial charge in [0.2, 0.25) is 0 Å². The molecule has 0 atom stereocenters. The first-order chi connectivity index (χ1) is 6.81. The van der Waals surface area contributed by atoms with Crippen molar-refractivity contribution in [3.05, 3.63) is 0 Å². The molecule has 0 radical (unpaired) electrons. The van der Waals surface area contributed by atoms with Crippen LogP contribution in [0.15, 0.2) is 0 Å². The Balaban J connectivity index is 0.000000461. The van der Waals surface area contributed by atoms with Gasteiger partial charge in [-0.25, -0.2) is 0 Å². The Hall–Kier alpha value is -0.0800. The van der Waals surface area contributed by atoms with Gasteiger partial charge in [-0.3, -0.25) is 0 Å². The van der Waals surface area contributed by atoms with E-state index >= 15 is 0 Å². The normalized spacial score (nSPS) is 26.8. The summed E-state index contributed by atoms with van der Waals surface area (Å²) < 4.78 is 5.41. The van der Waals surface area contributed by atoms with Crippen molar-refractivity contribution in [3.8, 4) is 0 Å². The Kier molecular flexibility index (Phi) is 4.90. The third-order valence-electron chi connectivity index (χ3n) is 3.41. The van der Waals surface area contributed by atoms with Crippen molar-refractivity contribution in [2.45, 2.75) is 39.5 Å². The Morgan fingerprint density at radius 1 is 1.07 bits per heavy atom. The number of likely N-dealkylation sites (tertiary alicyclic amines) is 1. The lowest BCUT2D eigenvalue weighted by molar-refractivity contribution is -0.0217. The number of nitrogens with zero attached hydrogens (tertiary/aromatic N) is 1. The molecule has 14 heavy (non-hydrogen) atoms. The SMILES string of the molecule is CC.CN1CCCC2(CCOCC2)C1. The van der Waals surface area contributed by atoms with Crippen molar-refractivity contribution in [1.29, 1.82) is 0 Å². The summed E-state index contributed by atoms with van der Waals surface area (Å²) in [5.41, 5.74) is 0.630. The minimum atomic E-state index is 0.630. The number of ether oxygens (including phenoxy) is 1. The highest BCUT2D eigenvalue weighted by Gasteiger charge is 2.35. The van der Waals surface area contributed by atoms with Crippen LogP contribution in [0.5, 0.6) is 0 Å². The maximum atomic E-state index is 5.41. The van der Waals surface area contributed by atoms with E-state index in [1.54, 1.807) is 0 Å². The second-order valence-electron chi connectivity index (χ2n) is 4.45. The molecule has 0 unspecified atom stereocenters. The third-order valence-corrected chi connectivity index (χ3v) is 3.41. The highest BCUT2D eigenvalue weighted by molar-refractivity contribution is 4.87. The van der Waals surface area contributed by atoms with E-state index in [1.807, 2.05) is 13.8 Å². The first-order valence-electron chi connectivity index (χ1n) is 6.07. The molecule has 0 aromatic rings. The van der Waals surface area contributed by atoms with Crippen LogP contribution in [0.4, 0.5) is 0 Å². The number of piperidine rings is 1. The quantitative estimate of drug-likeness (QED) is 0.594. The zero-order chi connectivity index (χ0) is 10.4. The Bertz CT molecular complexity index is 147. The lowest BCUT2D eigenvalue weighted by Gasteiger charge is -2.43. The Morgan fingerprint density at radius 2 is 1.71 bits per heavy atom. The molecule has 0 aliphatic carbocycles. The average molecular weight is 199 g/mol. The van der Waals surface area contributed by atoms with Crippen LogP contribution in [0, 0.1) is 5.41 Å². The van der Waals surface area contributed by atoms with Gasteiger partial charge < -0.3 is 9.64 Å². The van der Waals surface area contributed by atoms with Crippen molar-refractivity contribution in [3.63, 3.8) is 0 Å². The van der Waals surface area contributed by atoms with E-state index in [-0.39, 0.29) is 0 Å². The highest BCUT2D eigenvalue weighted by Crippen LogP contribution is 2.38. The van der Waals surface area contributed by atoms with Crippen LogP contribution >= 0.6 is 0 Å². The molecule has 0 N–H and O–H groups in total. The Labute approximate surface area is 88.6 Å². The zero-order valence-electron chi connectivity index (χ0n) is 10.0. The lowest BCUT2D eigenvalue weighted by Crippen LogP contribution is -2.44. The molecule has 1 spiro atoms. The summed E-state index contributed by atoms with van der Waals surface area (Å²) in [5, 5.41) is 0. The molecule has 0 saturated carbocycles. The van der Waals surface area contributed by atoms with Crippen molar-refractivity contribution in [2.75, 3.05) is 33.4 Å². The summed E-state index contributed by atoms with van der Waals surface area (Å²) in [7, 11) is 2.25. The van der Waals surface area contributed by atoms with E-state index in [0.29, 0.717) is 5.41 Å². The molecule has 2 heterocycles. The Morgan fingerprint density at radius 3 is 2.29 bits per heavy atom. The molecule has 0 amide bonds. The van der Waals surface area contributed by atoms with Gasteiger partial charge in [0.1, 0.15) is 0 Å². The van der Waals surface area contributed by atoms with Gasteiger partial charge in [0, 0.05) is 19.8 Å². The van der Waals surface area contributed by atoms with Gasteiger partial charge in [0.25, 0.3) is 0 Å². The number of hydrogen-bond donors (Lipinski definition) is 0. The fourth-order valence-electron chi connectivity index (χ4n) is 2.67. The summed E-state index contributed by atoms with van der Waals surface area (Å²) >= 11 is 0. The first-order valence-corrected chi connectivity index (χ1v) is 6.07. The molecule has 2 aliphatic rings. The molecule has 0 aromatic heterocycles. The predicted molar refractivity (Wildman–Crippen MR) is 60.6 cm³/mol. The van der Waals surface area contributed by atoms with Gasteiger partial charge in [-0.15, -0.1) is 0 Å². The maximum Gasteiger partial charge on any atom is 0.0471 e. The molecule has 2 heteroatoms. The molecule has 2 nitrogen and oxygen atoms in total. The minimum Gasteiger partial charge on any atom is -0.381 e. The molecule has 0 aromatic carbocycles. The second-order valence-corrected chi connectivity index (χ2v) is 4.45. The summed E-state index contributed by atoms with van der Waals surface area (Å²) in [4.78, 5) is 2.48. The predicted octanol–water partition coefficient (Wildman–Crippen LogP) is 2.54. The largest absolute Gasteiger partial charge is 0.381 e. The van der Waals surface area contributed by atoms with E-state index in [0.717, 1.165) is 13.2 Å². The molecular weight excluding hydrogens is 174 g/mol. The van der Waals surface area contributed by atoms with Crippen molar-refractivity contribution in [1.82, 2.24) is 4.90 Å². The van der Waals surface area contributed by atoms with Crippen LogP contribution < -0.4 is 0 Å². The smallest absolute Gasteiger partial charge is 0.0471 e. The molecule has 0 bridgehead atoms. The van der Waals surface area contributed by atoms with E-state index in [2.05, 4.69) is 11.9 Å². The van der Waals surface area contributed by atoms with E-state index in [1.165, 1.54) is 38.8 Å². The minimum absolute atomic E-state index is 0.630. The molecular formula is C12H25NO. The van der Waals surface area contributed by atoms with Crippen molar-refractivity contribution in [2.24, 2.45) is 5.41 Å². The maximum absolute atomic E-state index is 5.41. The molecule has 2 fully saturated rings. The fourth-order valence-corrected chi connectivity index (χ4v) is 2.67. The summed E-state index contributed by atoms with van der Waals surface area (Å²) in [5.74, 6) is 0. The zero-order valence-corrected chi connectivity index (χ0v) is 10.0. The van der Waals surface area contributed by atoms with Crippen LogP contribution in [0.2, 0.25) is 0 Å². The van der Waals surface area contributed by atoms with E-state index in [4.69, 9.17) is 4.74 Å². The van der Waals surface area contributed by atoms with Gasteiger partial charge in [-0.2, -0.15) is 0 Å². The van der Waals surface area contributed by atoms with E-state index < -0.39 is 0 Å². The monoisotopic (exact) mass is 199 g/mol. The van der Waals surface area contributed by atoms with Crippen LogP contribution in [-0.4, -0.2) is 38.3 Å². The summed E-state index contributed by atoms with van der Waals surface area (Å²) in [6.07, 6.45) is 5.39. The standard InChI is InChI=1S/C10H19NO.C2H6/c1-11-6-2-3-10(9-11)4-7-12-8-5-10;1-2/h2-9H2,1H3;1-2H3. The summed E-state index contributed by atoms with van der Waals surface area (Å²) in [6.45, 7) is 8.58. The summed E-state index contributed by atoms with van der Waals surface area (Å²) in [6, 6.07) is 0. The molecule has 2 saturated heterocycles. The van der Waals surface area contributed by atoms with Crippen molar-refractivity contribution < 1.29 is 4.74 Å². The van der Waals surface area contributed by atoms with Crippen molar-refractivity contribution >= 4 is 0 Å². The molecule has 84 valence electrons. The van der Waals surface area contributed by atoms with Crippen LogP contribution in [0.1, 0.15) is 39.5 Å².